The van der Waals surface area contributed by atoms with Gasteiger partial charge in [-0.1, -0.05) is 5.92 Å². The first-order valence-corrected chi connectivity index (χ1v) is 9.12. The molecule has 0 bridgehead atoms. The van der Waals surface area contributed by atoms with Crippen LogP contribution in [0, 0.1) is 29.0 Å². The molecule has 3 unspecified atom stereocenters. The molecule has 26 heavy (non-hydrogen) atoms. The minimum absolute atomic E-state index is 0.0411. The lowest BCUT2D eigenvalue weighted by molar-refractivity contribution is -0.215. The number of Topliss-reactive ketones (excluding diaryl/α,β-unsaturated/α-hetero) is 1. The average Bonchev–Trinajstić information content (AvgIpc) is 2.58. The maximum absolute atomic E-state index is 15.0. The number of halogens is 1. The van der Waals surface area contributed by atoms with E-state index < -0.39 is 11.7 Å². The van der Waals surface area contributed by atoms with E-state index in [-0.39, 0.29) is 23.2 Å². The van der Waals surface area contributed by atoms with Crippen LogP contribution in [0.25, 0.3) is 0 Å². The predicted molar refractivity (Wildman–Crippen MR) is 93.6 cm³/mol. The zero-order valence-electron chi connectivity index (χ0n) is 15.1. The van der Waals surface area contributed by atoms with E-state index in [2.05, 4.69) is 11.8 Å². The van der Waals surface area contributed by atoms with Gasteiger partial charge in [0.15, 0.2) is 0 Å². The molecule has 4 nitrogen and oxygen atoms in total. The average molecular weight is 358 g/mol. The molecule has 0 N–H and O–H groups in total. The summed E-state index contributed by atoms with van der Waals surface area (Å²) in [6.07, 6.45) is 1.94. The van der Waals surface area contributed by atoms with Crippen molar-refractivity contribution in [2.24, 2.45) is 11.3 Å². The number of carbonyl (C=O) groups excluding carboxylic acids is 1. The molecule has 1 spiro atoms. The van der Waals surface area contributed by atoms with Crippen molar-refractivity contribution < 1.29 is 23.4 Å². The van der Waals surface area contributed by atoms with Crippen molar-refractivity contribution in [3.63, 3.8) is 0 Å². The van der Waals surface area contributed by atoms with Crippen LogP contribution in [0.1, 0.15) is 43.2 Å². The molecule has 3 atom stereocenters. The van der Waals surface area contributed by atoms with Crippen LogP contribution in [0.2, 0.25) is 0 Å². The number of hydrogen-bond donors (Lipinski definition) is 0. The number of ether oxygens (including phenoxy) is 3. The highest BCUT2D eigenvalue weighted by Crippen LogP contribution is 2.56. The molecule has 3 fully saturated rings. The van der Waals surface area contributed by atoms with Crippen LogP contribution in [-0.2, 0) is 14.3 Å². The fraction of sp³-hybridized carbons (Fsp3) is 0.571. The molecule has 0 amide bonds. The highest BCUT2D eigenvalue weighted by atomic mass is 19.1. The third kappa shape index (κ3) is 2.64. The number of carbonyl (C=O) groups is 1. The van der Waals surface area contributed by atoms with Gasteiger partial charge in [-0.05, 0) is 37.3 Å². The van der Waals surface area contributed by atoms with Gasteiger partial charge in [-0.2, -0.15) is 0 Å². The van der Waals surface area contributed by atoms with Crippen LogP contribution in [0.4, 0.5) is 4.39 Å². The van der Waals surface area contributed by atoms with E-state index in [1.807, 2.05) is 0 Å². The molecule has 1 saturated carbocycles. The molecule has 5 heteroatoms. The van der Waals surface area contributed by atoms with Crippen molar-refractivity contribution in [3.05, 3.63) is 29.1 Å². The molecule has 2 heterocycles. The molecule has 2 aliphatic heterocycles. The van der Waals surface area contributed by atoms with Gasteiger partial charge in [0, 0.05) is 36.7 Å². The summed E-state index contributed by atoms with van der Waals surface area (Å²) in [5, 5.41) is 0. The third-order valence-corrected chi connectivity index (χ3v) is 6.23. The lowest BCUT2D eigenvalue weighted by Crippen LogP contribution is -2.60. The Morgan fingerprint density at radius 3 is 2.69 bits per heavy atom. The second-order valence-electron chi connectivity index (χ2n) is 7.45. The topological polar surface area (TPSA) is 44.8 Å². The number of rotatable bonds is 2. The van der Waals surface area contributed by atoms with E-state index in [0.29, 0.717) is 43.1 Å². The summed E-state index contributed by atoms with van der Waals surface area (Å²) in [5.74, 6) is 5.23. The van der Waals surface area contributed by atoms with Gasteiger partial charge >= 0.3 is 0 Å². The summed E-state index contributed by atoms with van der Waals surface area (Å²) in [6.45, 7) is 3.70. The highest BCUT2D eigenvalue weighted by Gasteiger charge is 2.59. The van der Waals surface area contributed by atoms with Crippen molar-refractivity contribution in [1.82, 2.24) is 0 Å². The lowest BCUT2D eigenvalue weighted by atomic mass is 9.55. The van der Waals surface area contributed by atoms with Gasteiger partial charge < -0.3 is 14.2 Å². The number of hydrogen-bond acceptors (Lipinski definition) is 4. The Kier molecular flexibility index (Phi) is 4.50. The van der Waals surface area contributed by atoms with E-state index in [4.69, 9.17) is 14.2 Å². The predicted octanol–water partition coefficient (Wildman–Crippen LogP) is 3.07. The smallest absolute Gasteiger partial charge is 0.143 e. The van der Waals surface area contributed by atoms with E-state index >= 15 is 0 Å². The van der Waals surface area contributed by atoms with Crippen LogP contribution >= 0.6 is 0 Å². The highest BCUT2D eigenvalue weighted by molar-refractivity contribution is 5.89. The first-order valence-electron chi connectivity index (χ1n) is 9.12. The zero-order chi connectivity index (χ0) is 18.3. The number of ketones is 1. The van der Waals surface area contributed by atoms with Gasteiger partial charge in [0.2, 0.25) is 0 Å². The fourth-order valence-electron chi connectivity index (χ4n) is 4.86. The molecule has 1 aliphatic carbocycles. The Morgan fingerprint density at radius 2 is 2.08 bits per heavy atom. The standard InChI is InChI=1S/C21H23FO4/c1-3-4-13-9-15(22)18(17(10-13)24-2)19-16(23)11-21(5-7-25-8-6-21)14-12-26-20(14)19/h9-10,14,19-20H,5-8,11-12H2,1-2H3. The van der Waals surface area contributed by atoms with Crippen LogP contribution in [0.5, 0.6) is 5.75 Å². The summed E-state index contributed by atoms with van der Waals surface area (Å²) >= 11 is 0. The van der Waals surface area contributed by atoms with Crippen molar-refractivity contribution >= 4 is 5.78 Å². The van der Waals surface area contributed by atoms with Gasteiger partial charge in [0.05, 0.1) is 25.7 Å². The van der Waals surface area contributed by atoms with Gasteiger partial charge in [0.25, 0.3) is 0 Å². The van der Waals surface area contributed by atoms with Crippen LogP contribution in [0.3, 0.4) is 0 Å². The summed E-state index contributed by atoms with van der Waals surface area (Å²) in [5.41, 5.74) is 0.808. The Balaban J connectivity index is 1.73. The minimum Gasteiger partial charge on any atom is -0.496 e. The molecule has 0 radical (unpaired) electrons. The first-order chi connectivity index (χ1) is 12.6. The Hall–Kier alpha value is -1.90. The Morgan fingerprint density at radius 1 is 1.31 bits per heavy atom. The normalized spacial score (nSPS) is 29.3. The van der Waals surface area contributed by atoms with Gasteiger partial charge in [-0.3, -0.25) is 4.79 Å². The molecular formula is C21H23FO4. The number of fused-ring (bicyclic) bond motifs is 2. The van der Waals surface area contributed by atoms with E-state index in [1.54, 1.807) is 13.0 Å². The van der Waals surface area contributed by atoms with Crippen molar-refractivity contribution in [2.75, 3.05) is 26.9 Å². The van der Waals surface area contributed by atoms with Crippen molar-refractivity contribution in [3.8, 4) is 17.6 Å². The quantitative estimate of drug-likeness (QED) is 0.762. The van der Waals surface area contributed by atoms with Crippen LogP contribution in [0.15, 0.2) is 12.1 Å². The van der Waals surface area contributed by atoms with E-state index in [0.717, 1.165) is 12.8 Å². The fourth-order valence-corrected chi connectivity index (χ4v) is 4.86. The number of methoxy groups -OCH3 is 1. The maximum Gasteiger partial charge on any atom is 0.143 e. The van der Waals surface area contributed by atoms with E-state index in [1.165, 1.54) is 13.2 Å². The van der Waals surface area contributed by atoms with E-state index in [9.17, 15) is 9.18 Å². The molecule has 3 aliphatic rings. The molecule has 2 saturated heterocycles. The summed E-state index contributed by atoms with van der Waals surface area (Å²) < 4.78 is 31.7. The Bertz CT molecular complexity index is 785. The second-order valence-corrected chi connectivity index (χ2v) is 7.45. The lowest BCUT2D eigenvalue weighted by Gasteiger charge is -2.57. The van der Waals surface area contributed by atoms with Gasteiger partial charge in [0.1, 0.15) is 17.3 Å². The molecule has 0 aromatic heterocycles. The zero-order valence-corrected chi connectivity index (χ0v) is 15.1. The largest absolute Gasteiger partial charge is 0.496 e. The second kappa shape index (κ2) is 6.68. The maximum atomic E-state index is 15.0. The van der Waals surface area contributed by atoms with Crippen molar-refractivity contribution in [1.29, 1.82) is 0 Å². The molecule has 1 aromatic carbocycles. The third-order valence-electron chi connectivity index (χ3n) is 6.23. The molecule has 138 valence electrons. The SMILES string of the molecule is CC#Cc1cc(F)c(C2C(=O)CC3(CCOCC3)C3COC23)c(OC)c1. The first kappa shape index (κ1) is 17.5. The Labute approximate surface area is 153 Å². The monoisotopic (exact) mass is 358 g/mol. The molecule has 1 aromatic rings. The summed E-state index contributed by atoms with van der Waals surface area (Å²) in [4.78, 5) is 13.1. The molecule has 4 rings (SSSR count). The van der Waals surface area contributed by atoms with Gasteiger partial charge in [-0.15, -0.1) is 5.92 Å². The van der Waals surface area contributed by atoms with Crippen molar-refractivity contribution in [2.45, 2.75) is 38.2 Å². The van der Waals surface area contributed by atoms with Crippen LogP contribution < -0.4 is 4.74 Å². The summed E-state index contributed by atoms with van der Waals surface area (Å²) in [7, 11) is 1.49. The minimum atomic E-state index is -0.610. The van der Waals surface area contributed by atoms with Gasteiger partial charge in [-0.25, -0.2) is 4.39 Å². The van der Waals surface area contributed by atoms with Crippen LogP contribution in [-0.4, -0.2) is 38.8 Å². The molecular weight excluding hydrogens is 335 g/mol. The summed E-state index contributed by atoms with van der Waals surface area (Å²) in [6, 6.07) is 3.09. The number of benzene rings is 1.